The van der Waals surface area contributed by atoms with Crippen LogP contribution in [0.3, 0.4) is 0 Å². The molecule has 4 rings (SSSR count). The predicted octanol–water partition coefficient (Wildman–Crippen LogP) is 3.59. The number of hydrogen-bond donors (Lipinski definition) is 1. The molecule has 3 heterocycles. The maximum Gasteiger partial charge on any atom is 0.310 e. The standard InChI is InChI=1S/C20H17N7O3S/c1-12-9-13(2)26-19(22-12)24-20(25-26)31-11-14-5-3-4-6-15(14)18(28)23-16-7-8-21-10-17(16)27(29)30/h3-10H,11H2,1-2H3,(H,21,23,28). The van der Waals surface area contributed by atoms with Gasteiger partial charge in [0, 0.05) is 28.9 Å². The van der Waals surface area contributed by atoms with Gasteiger partial charge in [-0.15, -0.1) is 5.10 Å². The minimum atomic E-state index is -0.586. The highest BCUT2D eigenvalue weighted by molar-refractivity contribution is 7.98. The topological polar surface area (TPSA) is 128 Å². The molecule has 0 spiro atoms. The molecular formula is C20H17N7O3S. The van der Waals surface area contributed by atoms with Crippen molar-refractivity contribution in [3.05, 3.63) is 81.4 Å². The highest BCUT2D eigenvalue weighted by atomic mass is 32.2. The Bertz CT molecular complexity index is 1310. The van der Waals surface area contributed by atoms with Crippen molar-refractivity contribution in [1.82, 2.24) is 24.6 Å². The Kier molecular flexibility index (Phi) is 5.58. The molecule has 0 fully saturated rings. The molecule has 0 unspecified atom stereocenters. The smallest absolute Gasteiger partial charge is 0.310 e. The number of anilines is 1. The highest BCUT2D eigenvalue weighted by Crippen LogP contribution is 2.26. The Morgan fingerprint density at radius 1 is 1.23 bits per heavy atom. The van der Waals surface area contributed by atoms with E-state index in [0.717, 1.165) is 23.1 Å². The van der Waals surface area contributed by atoms with E-state index in [0.29, 0.717) is 22.3 Å². The molecule has 0 aliphatic heterocycles. The maximum absolute atomic E-state index is 12.8. The van der Waals surface area contributed by atoms with Crippen LogP contribution in [0.5, 0.6) is 0 Å². The van der Waals surface area contributed by atoms with Gasteiger partial charge in [0.1, 0.15) is 11.9 Å². The first kappa shape index (κ1) is 20.4. The van der Waals surface area contributed by atoms with Crippen LogP contribution in [0, 0.1) is 24.0 Å². The average molecular weight is 435 g/mol. The second kappa shape index (κ2) is 8.48. The predicted molar refractivity (Wildman–Crippen MR) is 115 cm³/mol. The van der Waals surface area contributed by atoms with E-state index in [1.807, 2.05) is 32.0 Å². The number of amides is 1. The summed E-state index contributed by atoms with van der Waals surface area (Å²) in [6, 6.07) is 10.4. The lowest BCUT2D eigenvalue weighted by atomic mass is 10.1. The van der Waals surface area contributed by atoms with E-state index in [-0.39, 0.29) is 11.4 Å². The van der Waals surface area contributed by atoms with E-state index >= 15 is 0 Å². The van der Waals surface area contributed by atoms with E-state index < -0.39 is 10.8 Å². The van der Waals surface area contributed by atoms with Gasteiger partial charge in [0.25, 0.3) is 11.7 Å². The zero-order chi connectivity index (χ0) is 22.0. The third-order valence-corrected chi connectivity index (χ3v) is 5.35. The Hall–Kier alpha value is -3.86. The molecule has 0 bridgehead atoms. The normalized spacial score (nSPS) is 10.9. The zero-order valence-electron chi connectivity index (χ0n) is 16.6. The van der Waals surface area contributed by atoms with Gasteiger partial charge >= 0.3 is 5.69 Å². The van der Waals surface area contributed by atoms with E-state index in [4.69, 9.17) is 0 Å². The fourth-order valence-electron chi connectivity index (χ4n) is 3.05. The summed E-state index contributed by atoms with van der Waals surface area (Å²) < 4.78 is 1.68. The second-order valence-corrected chi connectivity index (χ2v) is 7.64. The summed E-state index contributed by atoms with van der Waals surface area (Å²) >= 11 is 1.38. The summed E-state index contributed by atoms with van der Waals surface area (Å²) in [5.74, 6) is 0.523. The molecule has 31 heavy (non-hydrogen) atoms. The minimum absolute atomic E-state index is 0.0893. The molecule has 3 aromatic heterocycles. The van der Waals surface area contributed by atoms with Crippen molar-refractivity contribution < 1.29 is 9.72 Å². The van der Waals surface area contributed by atoms with Gasteiger partial charge in [0.05, 0.1) is 4.92 Å². The number of nitro groups is 1. The van der Waals surface area contributed by atoms with E-state index in [1.54, 1.807) is 16.6 Å². The van der Waals surface area contributed by atoms with Gasteiger partial charge in [-0.2, -0.15) is 4.98 Å². The van der Waals surface area contributed by atoms with Crippen LogP contribution < -0.4 is 5.32 Å². The van der Waals surface area contributed by atoms with Crippen molar-refractivity contribution in [1.29, 1.82) is 0 Å². The van der Waals surface area contributed by atoms with Crippen molar-refractivity contribution in [2.75, 3.05) is 5.32 Å². The number of carbonyl (C=O) groups is 1. The number of nitrogens with one attached hydrogen (secondary N) is 1. The average Bonchev–Trinajstić information content (AvgIpc) is 3.16. The van der Waals surface area contributed by atoms with Gasteiger partial charge in [-0.05, 0) is 37.6 Å². The van der Waals surface area contributed by atoms with Gasteiger partial charge < -0.3 is 5.32 Å². The summed E-state index contributed by atoms with van der Waals surface area (Å²) in [4.78, 5) is 36.0. The van der Waals surface area contributed by atoms with Crippen molar-refractivity contribution in [3.8, 4) is 0 Å². The summed E-state index contributed by atoms with van der Waals surface area (Å²) in [6.07, 6.45) is 2.49. The quantitative estimate of drug-likeness (QED) is 0.276. The van der Waals surface area contributed by atoms with Crippen LogP contribution in [0.1, 0.15) is 27.3 Å². The number of fused-ring (bicyclic) bond motifs is 1. The number of aromatic nitrogens is 5. The van der Waals surface area contributed by atoms with Crippen LogP contribution >= 0.6 is 11.8 Å². The lowest BCUT2D eigenvalue weighted by Gasteiger charge is -2.09. The van der Waals surface area contributed by atoms with Crippen molar-refractivity contribution in [2.24, 2.45) is 0 Å². The Morgan fingerprint density at radius 3 is 2.84 bits per heavy atom. The first-order valence-electron chi connectivity index (χ1n) is 9.24. The summed E-state index contributed by atoms with van der Waals surface area (Å²) in [6.45, 7) is 3.83. The molecule has 0 saturated carbocycles. The Morgan fingerprint density at radius 2 is 2.03 bits per heavy atom. The number of hydrogen-bond acceptors (Lipinski definition) is 8. The second-order valence-electron chi connectivity index (χ2n) is 6.69. The molecule has 0 aliphatic rings. The van der Waals surface area contributed by atoms with E-state index in [9.17, 15) is 14.9 Å². The van der Waals surface area contributed by atoms with Gasteiger partial charge in [0.2, 0.25) is 5.16 Å². The molecule has 10 nitrogen and oxygen atoms in total. The van der Waals surface area contributed by atoms with Crippen molar-refractivity contribution in [3.63, 3.8) is 0 Å². The number of benzene rings is 1. The number of aryl methyl sites for hydroxylation is 2. The first-order valence-corrected chi connectivity index (χ1v) is 10.2. The monoisotopic (exact) mass is 435 g/mol. The molecular weight excluding hydrogens is 418 g/mol. The molecule has 1 aromatic carbocycles. The van der Waals surface area contributed by atoms with Crippen LogP contribution in [0.4, 0.5) is 11.4 Å². The molecule has 11 heteroatoms. The minimum Gasteiger partial charge on any atom is -0.316 e. The molecule has 4 aromatic rings. The summed E-state index contributed by atoms with van der Waals surface area (Å²) in [5.41, 5.74) is 2.78. The van der Waals surface area contributed by atoms with Crippen LogP contribution in [0.15, 0.2) is 53.9 Å². The van der Waals surface area contributed by atoms with Crippen molar-refractivity contribution >= 4 is 34.8 Å². The molecule has 156 valence electrons. The largest absolute Gasteiger partial charge is 0.316 e. The van der Waals surface area contributed by atoms with E-state index in [2.05, 4.69) is 25.4 Å². The zero-order valence-corrected chi connectivity index (χ0v) is 17.5. The fraction of sp³-hybridized carbons (Fsp3) is 0.150. The summed E-state index contributed by atoms with van der Waals surface area (Å²) in [7, 11) is 0. The Balaban J connectivity index is 1.55. The number of pyridine rings is 1. The summed E-state index contributed by atoms with van der Waals surface area (Å²) in [5, 5.41) is 18.8. The Labute approximate surface area is 180 Å². The lowest BCUT2D eigenvalue weighted by Crippen LogP contribution is -2.15. The van der Waals surface area contributed by atoms with Gasteiger partial charge in [0.15, 0.2) is 0 Å². The molecule has 1 amide bonds. The highest BCUT2D eigenvalue weighted by Gasteiger charge is 2.18. The first-order chi connectivity index (χ1) is 14.9. The maximum atomic E-state index is 12.8. The molecule has 1 N–H and O–H groups in total. The number of rotatable bonds is 6. The third kappa shape index (κ3) is 4.36. The number of nitrogens with zero attached hydrogens (tertiary/aromatic N) is 6. The van der Waals surface area contributed by atoms with Gasteiger partial charge in [-0.3, -0.25) is 19.9 Å². The van der Waals surface area contributed by atoms with Crippen LogP contribution in [0.25, 0.3) is 5.78 Å². The van der Waals surface area contributed by atoms with Crippen molar-refractivity contribution in [2.45, 2.75) is 24.8 Å². The SMILES string of the molecule is Cc1cc(C)n2nc(SCc3ccccc3C(=O)Nc3ccncc3[N+](=O)[O-])nc2n1. The van der Waals surface area contributed by atoms with Crippen LogP contribution in [0.2, 0.25) is 0 Å². The molecule has 0 radical (unpaired) electrons. The van der Waals surface area contributed by atoms with Gasteiger partial charge in [-0.1, -0.05) is 30.0 Å². The van der Waals surface area contributed by atoms with Gasteiger partial charge in [-0.25, -0.2) is 9.50 Å². The molecule has 0 saturated heterocycles. The molecule has 0 aliphatic carbocycles. The van der Waals surface area contributed by atoms with Crippen LogP contribution in [-0.2, 0) is 5.75 Å². The fourth-order valence-corrected chi connectivity index (χ4v) is 3.87. The van der Waals surface area contributed by atoms with E-state index in [1.165, 1.54) is 24.0 Å². The molecule has 0 atom stereocenters. The number of thioether (sulfide) groups is 1. The lowest BCUT2D eigenvalue weighted by molar-refractivity contribution is -0.384. The number of carbonyl (C=O) groups excluding carboxylic acids is 1. The van der Waals surface area contributed by atoms with Crippen LogP contribution in [-0.4, -0.2) is 35.4 Å². The third-order valence-electron chi connectivity index (χ3n) is 4.46.